The van der Waals surface area contributed by atoms with Crippen molar-refractivity contribution in [1.29, 1.82) is 5.26 Å². The SMILES string of the molecule is N#Cc1cc(OCC2=C(c3ccc(F)cc3)CC(F)(F)C2)ccc1CCC(=O)O. The van der Waals surface area contributed by atoms with E-state index in [2.05, 4.69) is 0 Å². The molecule has 0 spiro atoms. The van der Waals surface area contributed by atoms with E-state index < -0.39 is 30.6 Å². The van der Waals surface area contributed by atoms with Crippen LogP contribution in [0.4, 0.5) is 13.2 Å². The lowest BCUT2D eigenvalue weighted by Gasteiger charge is -2.11. The number of nitriles is 1. The van der Waals surface area contributed by atoms with Crippen molar-refractivity contribution in [3.63, 3.8) is 0 Å². The minimum absolute atomic E-state index is 0.0817. The van der Waals surface area contributed by atoms with Crippen LogP contribution in [-0.4, -0.2) is 23.6 Å². The van der Waals surface area contributed by atoms with E-state index in [-0.39, 0.29) is 25.0 Å². The Bertz CT molecular complexity index is 991. The first-order valence-corrected chi connectivity index (χ1v) is 9.00. The molecule has 150 valence electrons. The smallest absolute Gasteiger partial charge is 0.303 e. The summed E-state index contributed by atoms with van der Waals surface area (Å²) in [6, 6.07) is 12.1. The topological polar surface area (TPSA) is 70.3 Å². The van der Waals surface area contributed by atoms with E-state index in [0.29, 0.717) is 28.0 Å². The Morgan fingerprint density at radius 3 is 2.55 bits per heavy atom. The molecule has 0 atom stereocenters. The molecule has 2 aromatic carbocycles. The Morgan fingerprint density at radius 2 is 1.90 bits per heavy atom. The minimum atomic E-state index is -2.89. The van der Waals surface area contributed by atoms with Crippen LogP contribution in [0.25, 0.3) is 5.57 Å². The predicted octanol–water partition coefficient (Wildman–Crippen LogP) is 4.98. The van der Waals surface area contributed by atoms with Gasteiger partial charge in [0.25, 0.3) is 5.92 Å². The van der Waals surface area contributed by atoms with E-state index in [1.165, 1.54) is 30.3 Å². The van der Waals surface area contributed by atoms with Crippen molar-refractivity contribution in [2.45, 2.75) is 31.6 Å². The van der Waals surface area contributed by atoms with E-state index in [1.54, 1.807) is 12.1 Å². The quantitative estimate of drug-likeness (QED) is 0.711. The fourth-order valence-corrected chi connectivity index (χ4v) is 3.34. The number of aliphatic carboxylic acids is 1. The van der Waals surface area contributed by atoms with Crippen molar-refractivity contribution in [1.82, 2.24) is 0 Å². The summed E-state index contributed by atoms with van der Waals surface area (Å²) in [4.78, 5) is 10.7. The number of hydrogen-bond donors (Lipinski definition) is 1. The summed E-state index contributed by atoms with van der Waals surface area (Å²) in [5.41, 5.74) is 2.27. The number of allylic oxidation sites excluding steroid dienone is 1. The molecule has 1 N–H and O–H groups in total. The summed E-state index contributed by atoms with van der Waals surface area (Å²) < 4.78 is 46.8. The van der Waals surface area contributed by atoms with Crippen LogP contribution in [0.3, 0.4) is 0 Å². The third-order valence-corrected chi connectivity index (χ3v) is 4.75. The van der Waals surface area contributed by atoms with Crippen molar-refractivity contribution >= 4 is 11.5 Å². The molecule has 0 bridgehead atoms. The van der Waals surface area contributed by atoms with Gasteiger partial charge < -0.3 is 9.84 Å². The average molecular weight is 401 g/mol. The molecule has 0 fully saturated rings. The maximum Gasteiger partial charge on any atom is 0.303 e. The molecule has 1 aliphatic carbocycles. The van der Waals surface area contributed by atoms with E-state index >= 15 is 0 Å². The first-order chi connectivity index (χ1) is 13.8. The number of hydrogen-bond acceptors (Lipinski definition) is 3. The normalized spacial score (nSPS) is 15.2. The number of aryl methyl sites for hydroxylation is 1. The molecule has 3 rings (SSSR count). The van der Waals surface area contributed by atoms with Crippen LogP contribution in [-0.2, 0) is 11.2 Å². The Labute approximate surface area is 165 Å². The van der Waals surface area contributed by atoms with Gasteiger partial charge in [-0.2, -0.15) is 5.26 Å². The highest BCUT2D eigenvalue weighted by molar-refractivity contribution is 5.72. The second-order valence-electron chi connectivity index (χ2n) is 6.91. The Balaban J connectivity index is 1.78. The van der Waals surface area contributed by atoms with Gasteiger partial charge in [0, 0.05) is 19.3 Å². The van der Waals surface area contributed by atoms with Gasteiger partial charge in [-0.1, -0.05) is 18.2 Å². The average Bonchev–Trinajstić information content (AvgIpc) is 3.00. The first-order valence-electron chi connectivity index (χ1n) is 9.00. The van der Waals surface area contributed by atoms with Crippen molar-refractivity contribution in [2.75, 3.05) is 6.61 Å². The molecule has 29 heavy (non-hydrogen) atoms. The highest BCUT2D eigenvalue weighted by Gasteiger charge is 2.39. The van der Waals surface area contributed by atoms with Crippen molar-refractivity contribution < 1.29 is 27.8 Å². The minimum Gasteiger partial charge on any atom is -0.489 e. The molecule has 0 aliphatic heterocycles. The number of alkyl halides is 2. The second-order valence-corrected chi connectivity index (χ2v) is 6.91. The van der Waals surface area contributed by atoms with E-state index in [0.717, 1.165) is 0 Å². The molecule has 4 nitrogen and oxygen atoms in total. The molecular weight excluding hydrogens is 383 g/mol. The van der Waals surface area contributed by atoms with Crippen LogP contribution in [0, 0.1) is 17.1 Å². The highest BCUT2D eigenvalue weighted by Crippen LogP contribution is 2.44. The van der Waals surface area contributed by atoms with Crippen LogP contribution in [0.1, 0.15) is 36.0 Å². The zero-order chi connectivity index (χ0) is 21.0. The largest absolute Gasteiger partial charge is 0.489 e. The molecule has 2 aromatic rings. The molecule has 0 amide bonds. The van der Waals surface area contributed by atoms with Crippen LogP contribution in [0.2, 0.25) is 0 Å². The molecule has 0 saturated carbocycles. The van der Waals surface area contributed by atoms with Gasteiger partial charge >= 0.3 is 5.97 Å². The van der Waals surface area contributed by atoms with Crippen molar-refractivity contribution in [2.24, 2.45) is 0 Å². The molecule has 0 aromatic heterocycles. The Hall–Kier alpha value is -3.27. The van der Waals surface area contributed by atoms with Gasteiger partial charge in [-0.3, -0.25) is 4.79 Å². The number of rotatable bonds is 7. The molecule has 1 aliphatic rings. The number of benzene rings is 2. The molecule has 0 radical (unpaired) electrons. The monoisotopic (exact) mass is 401 g/mol. The van der Waals surface area contributed by atoms with Gasteiger partial charge in [0.2, 0.25) is 0 Å². The van der Waals surface area contributed by atoms with Crippen LogP contribution in [0.5, 0.6) is 5.75 Å². The van der Waals surface area contributed by atoms with Crippen molar-refractivity contribution in [3.05, 3.63) is 70.5 Å². The zero-order valence-corrected chi connectivity index (χ0v) is 15.4. The van der Waals surface area contributed by atoms with Gasteiger partial charge in [0.15, 0.2) is 0 Å². The first kappa shape index (κ1) is 20.5. The van der Waals surface area contributed by atoms with E-state index in [9.17, 15) is 23.2 Å². The third-order valence-electron chi connectivity index (χ3n) is 4.75. The predicted molar refractivity (Wildman–Crippen MR) is 100 cm³/mol. The molecular formula is C22H18F3NO3. The summed E-state index contributed by atoms with van der Waals surface area (Å²) in [6.07, 6.45) is -0.765. The highest BCUT2D eigenvalue weighted by atomic mass is 19.3. The van der Waals surface area contributed by atoms with Gasteiger partial charge in [-0.05, 0) is 53.0 Å². The number of carbonyl (C=O) groups is 1. The number of carboxylic acid groups (broad SMARTS) is 1. The summed E-state index contributed by atoms with van der Waals surface area (Å²) in [5.74, 6) is -3.96. The standard InChI is InChI=1S/C22H18F3NO3/c23-18-5-1-15(2-6-18)20-11-22(24,25)10-17(20)13-29-19-7-3-14(4-8-21(27)28)16(9-19)12-26/h1-3,5-7,9H,4,8,10-11,13H2,(H,27,28). The second kappa shape index (κ2) is 8.39. The van der Waals surface area contributed by atoms with Gasteiger partial charge in [-0.25, -0.2) is 13.2 Å². The number of carboxylic acids is 1. The zero-order valence-electron chi connectivity index (χ0n) is 15.4. The fraction of sp³-hybridized carbons (Fsp3) is 0.273. The Kier molecular flexibility index (Phi) is 5.92. The van der Waals surface area contributed by atoms with Gasteiger partial charge in [-0.15, -0.1) is 0 Å². The third kappa shape index (κ3) is 5.17. The van der Waals surface area contributed by atoms with Crippen LogP contribution in [0.15, 0.2) is 48.0 Å². The summed E-state index contributed by atoms with van der Waals surface area (Å²) in [6.45, 7) is -0.0817. The van der Waals surface area contributed by atoms with Gasteiger partial charge in [0.1, 0.15) is 18.2 Å². The van der Waals surface area contributed by atoms with Crippen LogP contribution >= 0.6 is 0 Å². The Morgan fingerprint density at radius 1 is 1.17 bits per heavy atom. The molecule has 0 saturated heterocycles. The molecule has 0 heterocycles. The number of ether oxygens (including phenoxy) is 1. The lowest BCUT2D eigenvalue weighted by atomic mass is 10.0. The maximum atomic E-state index is 14.0. The van der Waals surface area contributed by atoms with Crippen LogP contribution < -0.4 is 4.74 Å². The lowest BCUT2D eigenvalue weighted by molar-refractivity contribution is -0.136. The summed E-state index contributed by atoms with van der Waals surface area (Å²) >= 11 is 0. The van der Waals surface area contributed by atoms with Gasteiger partial charge in [0.05, 0.1) is 11.6 Å². The fourth-order valence-electron chi connectivity index (χ4n) is 3.34. The summed E-state index contributed by atoms with van der Waals surface area (Å²) in [7, 11) is 0. The summed E-state index contributed by atoms with van der Waals surface area (Å²) in [5, 5.41) is 18.1. The molecule has 7 heteroatoms. The van der Waals surface area contributed by atoms with E-state index in [1.807, 2.05) is 6.07 Å². The van der Waals surface area contributed by atoms with Crippen molar-refractivity contribution in [3.8, 4) is 11.8 Å². The maximum absolute atomic E-state index is 14.0. The number of halogens is 3. The molecule has 0 unspecified atom stereocenters. The lowest BCUT2D eigenvalue weighted by Crippen LogP contribution is -2.11. The van der Waals surface area contributed by atoms with E-state index in [4.69, 9.17) is 9.84 Å². The number of nitrogens with zero attached hydrogens (tertiary/aromatic N) is 1.